The van der Waals surface area contributed by atoms with Crippen molar-refractivity contribution in [1.82, 2.24) is 5.32 Å². The Morgan fingerprint density at radius 2 is 1.71 bits per heavy atom. The van der Waals surface area contributed by atoms with E-state index in [9.17, 15) is 0 Å². The summed E-state index contributed by atoms with van der Waals surface area (Å²) in [5.74, 6) is 0. The van der Waals surface area contributed by atoms with Crippen LogP contribution in [0.5, 0.6) is 0 Å². The Hall–Kier alpha value is -1.02. The predicted octanol–water partition coefficient (Wildman–Crippen LogP) is 3.42. The monoisotopic (exact) mass is 234 g/mol. The van der Waals surface area contributed by atoms with Crippen molar-refractivity contribution < 1.29 is 0 Å². The molecule has 0 aliphatic rings. The molecule has 96 valence electrons. The normalized spacial score (nSPS) is 11.6. The van der Waals surface area contributed by atoms with E-state index in [1.54, 1.807) is 0 Å². The van der Waals surface area contributed by atoms with Crippen LogP contribution in [0.2, 0.25) is 0 Å². The lowest BCUT2D eigenvalue weighted by Crippen LogP contribution is -2.35. The number of rotatable bonds is 5. The van der Waals surface area contributed by atoms with Crippen LogP contribution in [0.1, 0.15) is 39.7 Å². The zero-order valence-corrected chi connectivity index (χ0v) is 11.9. The van der Waals surface area contributed by atoms with Gasteiger partial charge in [-0.25, -0.2) is 0 Å². The molecule has 2 nitrogen and oxygen atoms in total. The first-order chi connectivity index (χ1) is 7.92. The topological polar surface area (TPSA) is 15.3 Å². The number of hydrogen-bond acceptors (Lipinski definition) is 2. The molecule has 1 N–H and O–H groups in total. The van der Waals surface area contributed by atoms with Crippen molar-refractivity contribution in [1.29, 1.82) is 0 Å². The summed E-state index contributed by atoms with van der Waals surface area (Å²) in [6.45, 7) is 10.8. The SMILES string of the molecule is CCCN(C)c1ccc(CNC(C)(C)C)cc1. The van der Waals surface area contributed by atoms with Gasteiger partial charge in [0.25, 0.3) is 0 Å². The zero-order valence-electron chi connectivity index (χ0n) is 11.9. The Balaban J connectivity index is 2.56. The van der Waals surface area contributed by atoms with Crippen molar-refractivity contribution in [2.24, 2.45) is 0 Å². The summed E-state index contributed by atoms with van der Waals surface area (Å²) in [6, 6.07) is 8.82. The molecule has 0 unspecified atom stereocenters. The highest BCUT2D eigenvalue weighted by Gasteiger charge is 2.08. The molecule has 17 heavy (non-hydrogen) atoms. The molecule has 0 atom stereocenters. The molecule has 0 amide bonds. The minimum absolute atomic E-state index is 0.178. The van der Waals surface area contributed by atoms with E-state index in [4.69, 9.17) is 0 Å². The zero-order chi connectivity index (χ0) is 12.9. The van der Waals surface area contributed by atoms with Crippen molar-refractivity contribution in [3.05, 3.63) is 29.8 Å². The second-order valence-corrected chi connectivity index (χ2v) is 5.69. The van der Waals surface area contributed by atoms with Crippen LogP contribution in [0.4, 0.5) is 5.69 Å². The average molecular weight is 234 g/mol. The van der Waals surface area contributed by atoms with Crippen LogP contribution in [0, 0.1) is 0 Å². The highest BCUT2D eigenvalue weighted by Crippen LogP contribution is 2.14. The fourth-order valence-electron chi connectivity index (χ4n) is 1.70. The second-order valence-electron chi connectivity index (χ2n) is 5.69. The predicted molar refractivity (Wildman–Crippen MR) is 76.6 cm³/mol. The van der Waals surface area contributed by atoms with Gasteiger partial charge in [-0.1, -0.05) is 19.1 Å². The Morgan fingerprint density at radius 1 is 1.12 bits per heavy atom. The number of nitrogens with one attached hydrogen (secondary N) is 1. The van der Waals surface area contributed by atoms with Gasteiger partial charge < -0.3 is 10.2 Å². The summed E-state index contributed by atoms with van der Waals surface area (Å²) < 4.78 is 0. The van der Waals surface area contributed by atoms with E-state index in [0.717, 1.165) is 13.1 Å². The molecule has 0 spiro atoms. The summed E-state index contributed by atoms with van der Waals surface area (Å²) >= 11 is 0. The van der Waals surface area contributed by atoms with Crippen molar-refractivity contribution in [3.8, 4) is 0 Å². The van der Waals surface area contributed by atoms with E-state index >= 15 is 0 Å². The van der Waals surface area contributed by atoms with Gasteiger partial charge in [-0.2, -0.15) is 0 Å². The Kier molecular flexibility index (Phi) is 5.01. The Bertz CT molecular complexity index is 322. The van der Waals surface area contributed by atoms with Crippen LogP contribution in [-0.4, -0.2) is 19.1 Å². The molecule has 0 saturated carbocycles. The fourth-order valence-corrected chi connectivity index (χ4v) is 1.70. The van der Waals surface area contributed by atoms with Gasteiger partial charge >= 0.3 is 0 Å². The summed E-state index contributed by atoms with van der Waals surface area (Å²) in [5, 5.41) is 3.50. The van der Waals surface area contributed by atoms with Gasteiger partial charge in [-0.3, -0.25) is 0 Å². The third-order valence-corrected chi connectivity index (χ3v) is 2.76. The largest absolute Gasteiger partial charge is 0.375 e. The van der Waals surface area contributed by atoms with Gasteiger partial charge in [0.15, 0.2) is 0 Å². The quantitative estimate of drug-likeness (QED) is 0.840. The van der Waals surface area contributed by atoms with Crippen LogP contribution in [0.25, 0.3) is 0 Å². The number of benzene rings is 1. The molecular weight excluding hydrogens is 208 g/mol. The molecule has 0 radical (unpaired) electrons. The van der Waals surface area contributed by atoms with E-state index in [-0.39, 0.29) is 5.54 Å². The van der Waals surface area contributed by atoms with E-state index in [2.05, 4.69) is 69.2 Å². The molecule has 0 aliphatic carbocycles. The van der Waals surface area contributed by atoms with Crippen LogP contribution in [0.3, 0.4) is 0 Å². The summed E-state index contributed by atoms with van der Waals surface area (Å²) in [5.41, 5.74) is 2.82. The summed E-state index contributed by atoms with van der Waals surface area (Å²) in [6.07, 6.45) is 1.18. The molecule has 1 aromatic rings. The summed E-state index contributed by atoms with van der Waals surface area (Å²) in [4.78, 5) is 2.29. The lowest BCUT2D eigenvalue weighted by Gasteiger charge is -2.21. The molecule has 0 fully saturated rings. The van der Waals surface area contributed by atoms with E-state index in [1.807, 2.05) is 0 Å². The molecule has 1 aromatic carbocycles. The van der Waals surface area contributed by atoms with Gasteiger partial charge in [-0.15, -0.1) is 0 Å². The van der Waals surface area contributed by atoms with Crippen LogP contribution in [0.15, 0.2) is 24.3 Å². The van der Waals surface area contributed by atoms with E-state index in [0.29, 0.717) is 0 Å². The van der Waals surface area contributed by atoms with Gasteiger partial charge in [-0.05, 0) is 44.9 Å². The summed E-state index contributed by atoms with van der Waals surface area (Å²) in [7, 11) is 2.14. The number of anilines is 1. The van der Waals surface area contributed by atoms with E-state index < -0.39 is 0 Å². The smallest absolute Gasteiger partial charge is 0.0363 e. The molecule has 0 bridgehead atoms. The maximum atomic E-state index is 3.50. The van der Waals surface area contributed by atoms with Crippen LogP contribution in [-0.2, 0) is 6.54 Å². The van der Waals surface area contributed by atoms with Crippen LogP contribution >= 0.6 is 0 Å². The van der Waals surface area contributed by atoms with Crippen molar-refractivity contribution >= 4 is 5.69 Å². The van der Waals surface area contributed by atoms with E-state index in [1.165, 1.54) is 17.7 Å². The van der Waals surface area contributed by atoms with Crippen LogP contribution < -0.4 is 10.2 Å². The average Bonchev–Trinajstić information content (AvgIpc) is 2.26. The molecule has 0 saturated heterocycles. The maximum absolute atomic E-state index is 3.50. The first-order valence-electron chi connectivity index (χ1n) is 6.47. The molecule has 0 aromatic heterocycles. The number of hydrogen-bond donors (Lipinski definition) is 1. The van der Waals surface area contributed by atoms with Crippen molar-refractivity contribution in [2.45, 2.75) is 46.2 Å². The number of nitrogens with zero attached hydrogens (tertiary/aromatic N) is 1. The second kappa shape index (κ2) is 6.06. The minimum Gasteiger partial charge on any atom is -0.375 e. The lowest BCUT2D eigenvalue weighted by atomic mass is 10.1. The van der Waals surface area contributed by atoms with Crippen molar-refractivity contribution in [3.63, 3.8) is 0 Å². The third-order valence-electron chi connectivity index (χ3n) is 2.76. The van der Waals surface area contributed by atoms with Gasteiger partial charge in [0.1, 0.15) is 0 Å². The molecule has 1 rings (SSSR count). The molecular formula is C15H26N2. The van der Waals surface area contributed by atoms with Gasteiger partial charge in [0, 0.05) is 31.4 Å². The molecule has 0 heterocycles. The Labute approximate surface area is 106 Å². The highest BCUT2D eigenvalue weighted by atomic mass is 15.1. The standard InChI is InChI=1S/C15H26N2/c1-6-11-17(5)14-9-7-13(8-10-14)12-16-15(2,3)4/h7-10,16H,6,11-12H2,1-5H3. The van der Waals surface area contributed by atoms with Gasteiger partial charge in [0.2, 0.25) is 0 Å². The first-order valence-corrected chi connectivity index (χ1v) is 6.47. The minimum atomic E-state index is 0.178. The first kappa shape index (κ1) is 14.0. The molecule has 2 heteroatoms. The lowest BCUT2D eigenvalue weighted by molar-refractivity contribution is 0.424. The fraction of sp³-hybridized carbons (Fsp3) is 0.600. The molecule has 0 aliphatic heterocycles. The maximum Gasteiger partial charge on any atom is 0.0363 e. The van der Waals surface area contributed by atoms with Crippen molar-refractivity contribution in [2.75, 3.05) is 18.5 Å². The Morgan fingerprint density at radius 3 is 2.18 bits per heavy atom. The highest BCUT2D eigenvalue weighted by molar-refractivity contribution is 5.46. The van der Waals surface area contributed by atoms with Gasteiger partial charge in [0.05, 0.1) is 0 Å². The third kappa shape index (κ3) is 5.22.